The third-order valence-corrected chi connectivity index (χ3v) is 3.50. The number of hydrogen-bond acceptors (Lipinski definition) is 4. The van der Waals surface area contributed by atoms with Gasteiger partial charge in [0, 0.05) is 17.6 Å². The number of hydrogen-bond donors (Lipinski definition) is 3. The average Bonchev–Trinajstić information content (AvgIpc) is 2.46. The molecule has 5 nitrogen and oxygen atoms in total. The second-order valence-corrected chi connectivity index (χ2v) is 5.25. The van der Waals surface area contributed by atoms with Crippen LogP contribution >= 0.6 is 11.6 Å². The average molecular weight is 298 g/mol. The Kier molecular flexibility index (Phi) is 5.49. The highest BCUT2D eigenvalue weighted by atomic mass is 35.5. The van der Waals surface area contributed by atoms with Crippen LogP contribution in [0.15, 0.2) is 18.2 Å². The fourth-order valence-electron chi connectivity index (χ4n) is 2.25. The predicted molar refractivity (Wildman–Crippen MR) is 80.5 cm³/mol. The van der Waals surface area contributed by atoms with Gasteiger partial charge in [-0.15, -0.1) is 0 Å². The number of ether oxygens (including phenoxy) is 1. The summed E-state index contributed by atoms with van der Waals surface area (Å²) < 4.78 is 5.22. The number of piperidine rings is 1. The number of methoxy groups -OCH3 is 1. The molecule has 0 spiro atoms. The SMILES string of the molecule is COc1ccc(Cl)cc1NCC(=O)N[C@H]1CCCNC1. The Labute approximate surface area is 124 Å². The van der Waals surface area contributed by atoms with Gasteiger partial charge in [-0.2, -0.15) is 0 Å². The Morgan fingerprint density at radius 1 is 1.55 bits per heavy atom. The number of halogens is 1. The lowest BCUT2D eigenvalue weighted by Gasteiger charge is -2.24. The lowest BCUT2D eigenvalue weighted by molar-refractivity contribution is -0.120. The molecule has 1 saturated heterocycles. The molecule has 0 aliphatic carbocycles. The Morgan fingerprint density at radius 2 is 2.40 bits per heavy atom. The maximum absolute atomic E-state index is 11.9. The van der Waals surface area contributed by atoms with E-state index in [2.05, 4.69) is 16.0 Å². The molecule has 1 aromatic rings. The first-order valence-electron chi connectivity index (χ1n) is 6.76. The quantitative estimate of drug-likeness (QED) is 0.773. The van der Waals surface area contributed by atoms with Gasteiger partial charge in [0.25, 0.3) is 0 Å². The number of nitrogens with one attached hydrogen (secondary N) is 3. The molecule has 0 bridgehead atoms. The monoisotopic (exact) mass is 297 g/mol. The number of anilines is 1. The van der Waals surface area contributed by atoms with E-state index in [9.17, 15) is 4.79 Å². The van der Waals surface area contributed by atoms with Crippen LogP contribution < -0.4 is 20.7 Å². The molecule has 1 amide bonds. The van der Waals surface area contributed by atoms with Crippen molar-refractivity contribution in [1.82, 2.24) is 10.6 Å². The fourth-order valence-corrected chi connectivity index (χ4v) is 2.42. The predicted octanol–water partition coefficient (Wildman–Crippen LogP) is 1.63. The van der Waals surface area contributed by atoms with E-state index >= 15 is 0 Å². The standard InChI is InChI=1S/C14H20ClN3O2/c1-20-13-5-4-10(15)7-12(13)17-9-14(19)18-11-3-2-6-16-8-11/h4-5,7,11,16-17H,2-3,6,8-9H2,1H3,(H,18,19)/t11-/m0/s1. The first-order valence-corrected chi connectivity index (χ1v) is 7.14. The zero-order valence-corrected chi connectivity index (χ0v) is 12.3. The van der Waals surface area contributed by atoms with Crippen LogP contribution in [-0.4, -0.2) is 38.7 Å². The van der Waals surface area contributed by atoms with E-state index in [-0.39, 0.29) is 18.5 Å². The molecule has 2 rings (SSSR count). The van der Waals surface area contributed by atoms with Crippen molar-refractivity contribution in [3.63, 3.8) is 0 Å². The van der Waals surface area contributed by atoms with Crippen LogP contribution in [0.3, 0.4) is 0 Å². The third kappa shape index (κ3) is 4.28. The lowest BCUT2D eigenvalue weighted by atomic mass is 10.1. The van der Waals surface area contributed by atoms with Gasteiger partial charge in [0.05, 0.1) is 19.3 Å². The summed E-state index contributed by atoms with van der Waals surface area (Å²) in [6.07, 6.45) is 2.12. The molecule has 3 N–H and O–H groups in total. The highest BCUT2D eigenvalue weighted by Crippen LogP contribution is 2.27. The van der Waals surface area contributed by atoms with Gasteiger partial charge in [-0.1, -0.05) is 11.6 Å². The van der Waals surface area contributed by atoms with Crippen LogP contribution in [0.4, 0.5) is 5.69 Å². The molecule has 0 aromatic heterocycles. The van der Waals surface area contributed by atoms with E-state index < -0.39 is 0 Å². The third-order valence-electron chi connectivity index (χ3n) is 3.26. The van der Waals surface area contributed by atoms with Crippen LogP contribution in [0.25, 0.3) is 0 Å². The summed E-state index contributed by atoms with van der Waals surface area (Å²) >= 11 is 5.94. The van der Waals surface area contributed by atoms with Gasteiger partial charge >= 0.3 is 0 Å². The van der Waals surface area contributed by atoms with Crippen molar-refractivity contribution in [3.8, 4) is 5.75 Å². The van der Waals surface area contributed by atoms with E-state index in [1.54, 1.807) is 25.3 Å². The van der Waals surface area contributed by atoms with Crippen LogP contribution in [0.2, 0.25) is 5.02 Å². The molecule has 0 saturated carbocycles. The summed E-state index contributed by atoms with van der Waals surface area (Å²) in [5.74, 6) is 0.641. The van der Waals surface area contributed by atoms with Gasteiger partial charge in [-0.05, 0) is 37.6 Å². The highest BCUT2D eigenvalue weighted by molar-refractivity contribution is 6.30. The number of carbonyl (C=O) groups excluding carboxylic acids is 1. The minimum atomic E-state index is -0.0271. The first-order chi connectivity index (χ1) is 9.69. The minimum Gasteiger partial charge on any atom is -0.495 e. The molecule has 1 aliphatic heterocycles. The molecule has 1 fully saturated rings. The van der Waals surface area contributed by atoms with E-state index in [1.807, 2.05) is 0 Å². The van der Waals surface area contributed by atoms with E-state index in [4.69, 9.17) is 16.3 Å². The van der Waals surface area contributed by atoms with Gasteiger partial charge in [0.15, 0.2) is 0 Å². The molecule has 1 atom stereocenters. The molecule has 20 heavy (non-hydrogen) atoms. The Bertz CT molecular complexity index is 462. The maximum atomic E-state index is 11.9. The van der Waals surface area contributed by atoms with Crippen molar-refractivity contribution >= 4 is 23.2 Å². The molecule has 1 heterocycles. The van der Waals surface area contributed by atoms with Gasteiger partial charge in [0.1, 0.15) is 5.75 Å². The number of amides is 1. The molecular weight excluding hydrogens is 278 g/mol. The summed E-state index contributed by atoms with van der Waals surface area (Å²) in [4.78, 5) is 11.9. The van der Waals surface area contributed by atoms with Crippen molar-refractivity contribution < 1.29 is 9.53 Å². The van der Waals surface area contributed by atoms with Crippen LogP contribution in [-0.2, 0) is 4.79 Å². The van der Waals surface area contributed by atoms with Crippen molar-refractivity contribution in [2.24, 2.45) is 0 Å². The summed E-state index contributed by atoms with van der Waals surface area (Å²) in [5, 5.41) is 9.93. The zero-order valence-electron chi connectivity index (χ0n) is 11.5. The molecule has 6 heteroatoms. The molecule has 0 unspecified atom stereocenters. The fraction of sp³-hybridized carbons (Fsp3) is 0.500. The first kappa shape index (κ1) is 14.9. The van der Waals surface area contributed by atoms with Crippen molar-refractivity contribution in [3.05, 3.63) is 23.2 Å². The summed E-state index contributed by atoms with van der Waals surface area (Å²) in [5.41, 5.74) is 0.719. The molecule has 1 aliphatic rings. The second-order valence-electron chi connectivity index (χ2n) is 4.81. The molecule has 1 aromatic carbocycles. The van der Waals surface area contributed by atoms with Gasteiger partial charge in [-0.3, -0.25) is 4.79 Å². The highest BCUT2D eigenvalue weighted by Gasteiger charge is 2.15. The molecule has 0 radical (unpaired) electrons. The van der Waals surface area contributed by atoms with Gasteiger partial charge in [-0.25, -0.2) is 0 Å². The molecular formula is C14H20ClN3O2. The van der Waals surface area contributed by atoms with Gasteiger partial charge < -0.3 is 20.7 Å². The van der Waals surface area contributed by atoms with Crippen molar-refractivity contribution in [1.29, 1.82) is 0 Å². The van der Waals surface area contributed by atoms with Crippen molar-refractivity contribution in [2.45, 2.75) is 18.9 Å². The summed E-state index contributed by atoms with van der Waals surface area (Å²) in [6.45, 7) is 2.07. The Morgan fingerprint density at radius 3 is 3.10 bits per heavy atom. The largest absolute Gasteiger partial charge is 0.495 e. The van der Waals surface area contributed by atoms with Gasteiger partial charge in [0.2, 0.25) is 5.91 Å². The lowest BCUT2D eigenvalue weighted by Crippen LogP contribution is -2.47. The topological polar surface area (TPSA) is 62.4 Å². The Balaban J connectivity index is 1.84. The normalized spacial score (nSPS) is 18.4. The Hall–Kier alpha value is -1.46. The summed E-state index contributed by atoms with van der Waals surface area (Å²) in [6, 6.07) is 5.49. The van der Waals surface area contributed by atoms with Crippen LogP contribution in [0.5, 0.6) is 5.75 Å². The molecule has 110 valence electrons. The minimum absolute atomic E-state index is 0.0271. The number of benzene rings is 1. The second kappa shape index (κ2) is 7.36. The number of carbonyl (C=O) groups is 1. The van der Waals surface area contributed by atoms with Crippen LogP contribution in [0.1, 0.15) is 12.8 Å². The van der Waals surface area contributed by atoms with E-state index in [1.165, 1.54) is 0 Å². The smallest absolute Gasteiger partial charge is 0.239 e. The number of rotatable bonds is 5. The zero-order chi connectivity index (χ0) is 14.4. The maximum Gasteiger partial charge on any atom is 0.239 e. The van der Waals surface area contributed by atoms with Crippen molar-refractivity contribution in [2.75, 3.05) is 32.1 Å². The van der Waals surface area contributed by atoms with E-state index in [0.717, 1.165) is 31.6 Å². The van der Waals surface area contributed by atoms with Crippen LogP contribution in [0, 0.1) is 0 Å². The summed E-state index contributed by atoms with van der Waals surface area (Å²) in [7, 11) is 1.59. The van der Waals surface area contributed by atoms with E-state index in [0.29, 0.717) is 10.8 Å².